The Balaban J connectivity index is 2.53. The first-order valence-electron chi connectivity index (χ1n) is 6.19. The van der Waals surface area contributed by atoms with Crippen LogP contribution in [0.3, 0.4) is 0 Å². The highest BCUT2D eigenvalue weighted by atomic mass is 28.2. The quantitative estimate of drug-likeness (QED) is 0.823. The maximum absolute atomic E-state index is 6.18. The standard InChI is InChI=1S/C16H19NSi/c1-16(2,17)13-18(14-9-5-3-6-10-14)15-11-7-4-8-12-15/h3-13H,17H2,1-2H3. The van der Waals surface area contributed by atoms with Crippen LogP contribution in [0.2, 0.25) is 0 Å². The molecule has 0 bridgehead atoms. The predicted octanol–water partition coefficient (Wildman–Crippen LogP) is 1.42. The van der Waals surface area contributed by atoms with Crippen LogP contribution in [0.5, 0.6) is 0 Å². The largest absolute Gasteiger partial charge is 0.323 e. The molecule has 0 saturated carbocycles. The molecule has 0 amide bonds. The van der Waals surface area contributed by atoms with Crippen molar-refractivity contribution in [2.24, 2.45) is 5.73 Å². The summed E-state index contributed by atoms with van der Waals surface area (Å²) in [5, 5.41) is 2.76. The molecule has 18 heavy (non-hydrogen) atoms. The lowest BCUT2D eigenvalue weighted by molar-refractivity contribution is 0.722. The number of hydrogen-bond acceptors (Lipinski definition) is 1. The first kappa shape index (κ1) is 12.9. The highest BCUT2D eigenvalue weighted by molar-refractivity contribution is 6.89. The van der Waals surface area contributed by atoms with Gasteiger partial charge in [0.2, 0.25) is 0 Å². The minimum Gasteiger partial charge on any atom is -0.323 e. The zero-order valence-corrected chi connectivity index (χ0v) is 11.9. The van der Waals surface area contributed by atoms with Crippen LogP contribution in [0.15, 0.2) is 60.7 Å². The average molecular weight is 253 g/mol. The molecule has 2 rings (SSSR count). The van der Waals surface area contributed by atoms with E-state index in [0.29, 0.717) is 0 Å². The fraction of sp³-hybridized carbons (Fsp3) is 0.188. The lowest BCUT2D eigenvalue weighted by Gasteiger charge is -2.17. The zero-order chi connectivity index (χ0) is 13.0. The summed E-state index contributed by atoms with van der Waals surface area (Å²) < 4.78 is 0. The Kier molecular flexibility index (Phi) is 3.89. The lowest BCUT2D eigenvalue weighted by Crippen LogP contribution is -2.45. The zero-order valence-electron chi connectivity index (χ0n) is 10.9. The van der Waals surface area contributed by atoms with Gasteiger partial charge in [-0.05, 0) is 24.2 Å². The van der Waals surface area contributed by atoms with Crippen LogP contribution in [0, 0.1) is 0 Å². The Bertz CT molecular complexity index is 483. The topological polar surface area (TPSA) is 26.0 Å². The van der Waals surface area contributed by atoms with Gasteiger partial charge < -0.3 is 5.73 Å². The second kappa shape index (κ2) is 5.42. The van der Waals surface area contributed by atoms with Crippen LogP contribution < -0.4 is 16.1 Å². The van der Waals surface area contributed by atoms with Crippen molar-refractivity contribution in [1.82, 2.24) is 0 Å². The minimum atomic E-state index is -0.907. The molecular weight excluding hydrogens is 234 g/mol. The Labute approximate surface area is 111 Å². The maximum atomic E-state index is 6.18. The molecule has 0 saturated heterocycles. The van der Waals surface area contributed by atoms with E-state index in [1.807, 2.05) is 0 Å². The van der Waals surface area contributed by atoms with Gasteiger partial charge in [-0.1, -0.05) is 66.3 Å². The molecule has 0 heterocycles. The summed E-state index contributed by atoms with van der Waals surface area (Å²) in [6.45, 7) is 4.12. The van der Waals surface area contributed by atoms with Gasteiger partial charge in [-0.15, -0.1) is 0 Å². The van der Waals surface area contributed by atoms with Crippen molar-refractivity contribution in [3.8, 4) is 0 Å². The molecule has 2 heteroatoms. The molecule has 2 aromatic carbocycles. The molecule has 0 aliphatic carbocycles. The highest BCUT2D eigenvalue weighted by Gasteiger charge is 2.12. The third-order valence-electron chi connectivity index (χ3n) is 2.69. The van der Waals surface area contributed by atoms with Crippen LogP contribution in [-0.2, 0) is 0 Å². The van der Waals surface area contributed by atoms with E-state index in [2.05, 4.69) is 80.2 Å². The van der Waals surface area contributed by atoms with E-state index in [4.69, 9.17) is 5.73 Å². The fourth-order valence-electron chi connectivity index (χ4n) is 1.94. The molecular formula is C16H19NSi. The summed E-state index contributed by atoms with van der Waals surface area (Å²) in [7, 11) is -0.907. The molecule has 2 N–H and O–H groups in total. The van der Waals surface area contributed by atoms with Crippen molar-refractivity contribution in [1.29, 1.82) is 0 Å². The smallest absolute Gasteiger partial charge is 0.0778 e. The number of nitrogens with two attached hydrogens (primary N) is 1. The number of rotatable bonds is 3. The molecule has 0 spiro atoms. The maximum Gasteiger partial charge on any atom is 0.0778 e. The van der Waals surface area contributed by atoms with Crippen molar-refractivity contribution in [2.45, 2.75) is 19.4 Å². The summed E-state index contributed by atoms with van der Waals surface area (Å²) in [5.41, 5.74) is 8.24. The van der Waals surface area contributed by atoms with Crippen molar-refractivity contribution in [2.75, 3.05) is 0 Å². The molecule has 0 unspecified atom stereocenters. The average Bonchev–Trinajstić information content (AvgIpc) is 2.37. The highest BCUT2D eigenvalue weighted by Crippen LogP contribution is 1.94. The summed E-state index contributed by atoms with van der Waals surface area (Å²) in [4.78, 5) is 0. The second-order valence-electron chi connectivity index (χ2n) is 5.11. The third-order valence-corrected chi connectivity index (χ3v) is 5.63. The van der Waals surface area contributed by atoms with E-state index < -0.39 is 8.41 Å². The van der Waals surface area contributed by atoms with Gasteiger partial charge >= 0.3 is 0 Å². The second-order valence-corrected chi connectivity index (χ2v) is 7.38. The molecule has 2 aromatic rings. The van der Waals surface area contributed by atoms with E-state index in [1.54, 1.807) is 0 Å². The monoisotopic (exact) mass is 253 g/mol. The van der Waals surface area contributed by atoms with Gasteiger partial charge in [0.05, 0.1) is 8.41 Å². The van der Waals surface area contributed by atoms with Gasteiger partial charge in [0.15, 0.2) is 0 Å². The first-order chi connectivity index (χ1) is 8.56. The van der Waals surface area contributed by atoms with Crippen LogP contribution in [0.4, 0.5) is 0 Å². The van der Waals surface area contributed by atoms with Gasteiger partial charge in [0, 0.05) is 5.54 Å². The van der Waals surface area contributed by atoms with Crippen LogP contribution >= 0.6 is 0 Å². The van der Waals surface area contributed by atoms with Crippen LogP contribution in [0.25, 0.3) is 0 Å². The van der Waals surface area contributed by atoms with E-state index >= 15 is 0 Å². The number of benzene rings is 2. The van der Waals surface area contributed by atoms with Gasteiger partial charge in [-0.25, -0.2) is 0 Å². The third kappa shape index (κ3) is 3.49. The van der Waals surface area contributed by atoms with Crippen molar-refractivity contribution >= 4 is 24.5 Å². The molecule has 92 valence electrons. The Morgan fingerprint density at radius 3 is 1.56 bits per heavy atom. The molecule has 0 atom stereocenters. The predicted molar refractivity (Wildman–Crippen MR) is 82.2 cm³/mol. The summed E-state index contributed by atoms with van der Waals surface area (Å²) in [6, 6.07) is 21.3. The number of hydrogen-bond donors (Lipinski definition) is 1. The molecule has 1 nitrogen and oxygen atoms in total. The Hall–Kier alpha value is -1.51. The fourth-order valence-corrected chi connectivity index (χ4v) is 4.45. The van der Waals surface area contributed by atoms with E-state index in [0.717, 1.165) is 0 Å². The van der Waals surface area contributed by atoms with Gasteiger partial charge in [0.25, 0.3) is 0 Å². The van der Waals surface area contributed by atoms with Crippen LogP contribution in [0.1, 0.15) is 13.8 Å². The van der Waals surface area contributed by atoms with Gasteiger partial charge in [-0.3, -0.25) is 0 Å². The molecule has 0 aliphatic rings. The minimum absolute atomic E-state index is 0.250. The van der Waals surface area contributed by atoms with Crippen molar-refractivity contribution in [3.05, 3.63) is 60.7 Å². The van der Waals surface area contributed by atoms with Crippen molar-refractivity contribution < 1.29 is 0 Å². The van der Waals surface area contributed by atoms with Crippen LogP contribution in [-0.4, -0.2) is 19.6 Å². The molecule has 0 aliphatic heterocycles. The molecule has 0 fully saturated rings. The lowest BCUT2D eigenvalue weighted by atomic mass is 10.1. The normalized spacial score (nSPS) is 11.1. The van der Waals surface area contributed by atoms with Gasteiger partial charge in [-0.2, -0.15) is 0 Å². The summed E-state index contributed by atoms with van der Waals surface area (Å²) in [6.07, 6.45) is 0. The summed E-state index contributed by atoms with van der Waals surface area (Å²) >= 11 is 0. The van der Waals surface area contributed by atoms with E-state index in [9.17, 15) is 0 Å². The Morgan fingerprint density at radius 1 is 0.833 bits per heavy atom. The SMILES string of the molecule is CC(C)(N)C=[Si](c1ccccc1)c1ccccc1. The van der Waals surface area contributed by atoms with E-state index in [1.165, 1.54) is 10.4 Å². The molecule has 0 radical (unpaired) electrons. The first-order valence-corrected chi connectivity index (χ1v) is 7.76. The summed E-state index contributed by atoms with van der Waals surface area (Å²) in [5.74, 6) is 0. The van der Waals surface area contributed by atoms with Crippen molar-refractivity contribution in [3.63, 3.8) is 0 Å². The van der Waals surface area contributed by atoms with Gasteiger partial charge in [0.1, 0.15) is 0 Å². The Morgan fingerprint density at radius 2 is 1.22 bits per heavy atom. The van der Waals surface area contributed by atoms with E-state index in [-0.39, 0.29) is 5.54 Å². The molecule has 0 aromatic heterocycles.